The number of aryl methyl sites for hydroxylation is 1. The summed E-state index contributed by atoms with van der Waals surface area (Å²) in [7, 11) is 1.64. The van der Waals surface area contributed by atoms with Crippen LogP contribution in [0.25, 0.3) is 5.69 Å². The molecule has 1 aromatic heterocycles. The Hall–Kier alpha value is -2.30. The van der Waals surface area contributed by atoms with E-state index >= 15 is 0 Å². The normalized spacial score (nSPS) is 24.9. The standard InChI is InChI=1S/C22H28N2O3/c1-15-13-21(23-24(15)18-8-11-19(26-2)12-9-18)22(25)27-20-10-7-16-5-3-4-6-17(16)14-20/h8-9,11-13,16-17,20H,3-7,10,14H2,1-2H3. The van der Waals surface area contributed by atoms with Crippen LogP contribution in [0.15, 0.2) is 30.3 Å². The maximum absolute atomic E-state index is 12.7. The molecule has 0 N–H and O–H groups in total. The number of carbonyl (C=O) groups is 1. The molecule has 0 aliphatic heterocycles. The zero-order chi connectivity index (χ0) is 18.8. The molecule has 0 saturated heterocycles. The number of aromatic nitrogens is 2. The first kappa shape index (κ1) is 18.1. The monoisotopic (exact) mass is 368 g/mol. The molecule has 5 nitrogen and oxygen atoms in total. The summed E-state index contributed by atoms with van der Waals surface area (Å²) in [6, 6.07) is 9.43. The van der Waals surface area contributed by atoms with Gasteiger partial charge in [0.15, 0.2) is 5.69 Å². The van der Waals surface area contributed by atoms with E-state index in [0.717, 1.165) is 41.8 Å². The molecule has 0 spiro atoms. The van der Waals surface area contributed by atoms with Crippen molar-refractivity contribution in [2.45, 2.75) is 58.0 Å². The number of rotatable bonds is 4. The number of benzene rings is 1. The molecular formula is C22H28N2O3. The minimum Gasteiger partial charge on any atom is -0.497 e. The Labute approximate surface area is 160 Å². The lowest BCUT2D eigenvalue weighted by molar-refractivity contribution is -0.00149. The highest BCUT2D eigenvalue weighted by molar-refractivity contribution is 5.87. The summed E-state index contributed by atoms with van der Waals surface area (Å²) in [5.41, 5.74) is 2.19. The lowest BCUT2D eigenvalue weighted by Crippen LogP contribution is -2.33. The third-order valence-electron chi connectivity index (χ3n) is 6.18. The van der Waals surface area contributed by atoms with E-state index in [0.29, 0.717) is 5.69 Å². The predicted molar refractivity (Wildman–Crippen MR) is 103 cm³/mol. The van der Waals surface area contributed by atoms with Crippen LogP contribution in [0.2, 0.25) is 0 Å². The molecule has 144 valence electrons. The summed E-state index contributed by atoms with van der Waals surface area (Å²) in [6.45, 7) is 1.95. The first-order valence-corrected chi connectivity index (χ1v) is 10.1. The molecule has 4 rings (SSSR count). The van der Waals surface area contributed by atoms with Crippen LogP contribution in [0.1, 0.15) is 61.1 Å². The summed E-state index contributed by atoms with van der Waals surface area (Å²) < 4.78 is 12.8. The van der Waals surface area contributed by atoms with Gasteiger partial charge in [-0.05, 0) is 68.4 Å². The molecule has 2 aliphatic rings. The number of nitrogens with zero attached hydrogens (tertiary/aromatic N) is 2. The van der Waals surface area contributed by atoms with Crippen molar-refractivity contribution >= 4 is 5.97 Å². The fraction of sp³-hybridized carbons (Fsp3) is 0.545. The predicted octanol–water partition coefficient (Wildman–Crippen LogP) is 4.71. The van der Waals surface area contributed by atoms with Gasteiger partial charge in [0.1, 0.15) is 11.9 Å². The van der Waals surface area contributed by atoms with Crippen molar-refractivity contribution in [3.8, 4) is 11.4 Å². The highest BCUT2D eigenvalue weighted by Crippen LogP contribution is 2.41. The molecule has 2 fully saturated rings. The Morgan fingerprint density at radius 3 is 2.56 bits per heavy atom. The first-order valence-electron chi connectivity index (χ1n) is 10.1. The minimum absolute atomic E-state index is 0.0447. The van der Waals surface area contributed by atoms with Gasteiger partial charge in [0.2, 0.25) is 0 Å². The Kier molecular flexibility index (Phi) is 5.19. The Bertz CT molecular complexity index is 796. The molecule has 1 aromatic carbocycles. The molecule has 1 heterocycles. The van der Waals surface area contributed by atoms with E-state index in [1.807, 2.05) is 31.2 Å². The van der Waals surface area contributed by atoms with Gasteiger partial charge in [-0.3, -0.25) is 0 Å². The van der Waals surface area contributed by atoms with E-state index in [2.05, 4.69) is 5.10 Å². The number of fused-ring (bicyclic) bond motifs is 1. The van der Waals surface area contributed by atoms with Crippen LogP contribution < -0.4 is 4.74 Å². The minimum atomic E-state index is -0.301. The van der Waals surface area contributed by atoms with Crippen LogP contribution in [-0.4, -0.2) is 29.0 Å². The maximum Gasteiger partial charge on any atom is 0.359 e. The van der Waals surface area contributed by atoms with E-state index in [1.165, 1.54) is 32.1 Å². The molecule has 5 heteroatoms. The quantitative estimate of drug-likeness (QED) is 0.734. The number of carbonyl (C=O) groups excluding carboxylic acids is 1. The average Bonchev–Trinajstić information content (AvgIpc) is 3.10. The molecule has 2 aliphatic carbocycles. The second-order valence-corrected chi connectivity index (χ2v) is 7.93. The van der Waals surface area contributed by atoms with Crippen LogP contribution in [0.3, 0.4) is 0 Å². The lowest BCUT2D eigenvalue weighted by atomic mass is 9.70. The fourth-order valence-corrected chi connectivity index (χ4v) is 4.71. The largest absolute Gasteiger partial charge is 0.497 e. The number of ether oxygens (including phenoxy) is 2. The van der Waals surface area contributed by atoms with Crippen LogP contribution in [0.5, 0.6) is 5.75 Å². The van der Waals surface area contributed by atoms with Crippen LogP contribution in [0.4, 0.5) is 0 Å². The van der Waals surface area contributed by atoms with Crippen LogP contribution >= 0.6 is 0 Å². The zero-order valence-electron chi connectivity index (χ0n) is 16.2. The molecule has 0 bridgehead atoms. The van der Waals surface area contributed by atoms with Gasteiger partial charge in [-0.15, -0.1) is 0 Å². The Morgan fingerprint density at radius 2 is 1.81 bits per heavy atom. The summed E-state index contributed by atoms with van der Waals surface area (Å²) in [5.74, 6) is 2.08. The lowest BCUT2D eigenvalue weighted by Gasteiger charge is -2.38. The number of esters is 1. The third kappa shape index (κ3) is 3.87. The van der Waals surface area contributed by atoms with Crippen molar-refractivity contribution in [3.63, 3.8) is 0 Å². The summed E-state index contributed by atoms with van der Waals surface area (Å²) in [4.78, 5) is 12.7. The third-order valence-corrected chi connectivity index (χ3v) is 6.18. The van der Waals surface area contributed by atoms with Crippen molar-refractivity contribution < 1.29 is 14.3 Å². The topological polar surface area (TPSA) is 53.4 Å². The summed E-state index contributed by atoms with van der Waals surface area (Å²) >= 11 is 0. The van der Waals surface area contributed by atoms with Crippen molar-refractivity contribution in [2.75, 3.05) is 7.11 Å². The second kappa shape index (κ2) is 7.75. The molecule has 0 amide bonds. The van der Waals surface area contributed by atoms with Gasteiger partial charge in [-0.2, -0.15) is 5.10 Å². The van der Waals surface area contributed by atoms with Gasteiger partial charge in [-0.1, -0.05) is 25.7 Å². The molecule has 0 radical (unpaired) electrons. The molecule has 2 saturated carbocycles. The van der Waals surface area contributed by atoms with Gasteiger partial charge in [-0.25, -0.2) is 9.48 Å². The van der Waals surface area contributed by atoms with Crippen molar-refractivity contribution in [2.24, 2.45) is 11.8 Å². The molecule has 2 aromatic rings. The smallest absolute Gasteiger partial charge is 0.359 e. The summed E-state index contributed by atoms with van der Waals surface area (Å²) in [6.07, 6.45) is 8.60. The summed E-state index contributed by atoms with van der Waals surface area (Å²) in [5, 5.41) is 4.48. The van der Waals surface area contributed by atoms with Crippen molar-refractivity contribution in [1.29, 1.82) is 0 Å². The van der Waals surface area contributed by atoms with E-state index in [1.54, 1.807) is 17.9 Å². The molecule has 3 unspecified atom stereocenters. The van der Waals surface area contributed by atoms with E-state index < -0.39 is 0 Å². The molecular weight excluding hydrogens is 340 g/mol. The van der Waals surface area contributed by atoms with Crippen molar-refractivity contribution in [3.05, 3.63) is 41.7 Å². The number of hydrogen-bond acceptors (Lipinski definition) is 4. The van der Waals surface area contributed by atoms with Gasteiger partial charge < -0.3 is 9.47 Å². The van der Waals surface area contributed by atoms with Gasteiger partial charge >= 0.3 is 5.97 Å². The highest BCUT2D eigenvalue weighted by Gasteiger charge is 2.34. The second-order valence-electron chi connectivity index (χ2n) is 7.93. The van der Waals surface area contributed by atoms with E-state index in [4.69, 9.17) is 9.47 Å². The van der Waals surface area contributed by atoms with Crippen molar-refractivity contribution in [1.82, 2.24) is 9.78 Å². The molecule has 27 heavy (non-hydrogen) atoms. The molecule has 3 atom stereocenters. The van der Waals surface area contributed by atoms with Gasteiger partial charge in [0.25, 0.3) is 0 Å². The van der Waals surface area contributed by atoms with Gasteiger partial charge in [0, 0.05) is 5.69 Å². The zero-order valence-corrected chi connectivity index (χ0v) is 16.2. The van der Waals surface area contributed by atoms with E-state index in [-0.39, 0.29) is 12.1 Å². The fourth-order valence-electron chi connectivity index (χ4n) is 4.71. The first-order chi connectivity index (χ1) is 13.1. The Morgan fingerprint density at radius 1 is 1.07 bits per heavy atom. The average molecular weight is 368 g/mol. The SMILES string of the molecule is COc1ccc(-n2nc(C(=O)OC3CCC4CCCCC4C3)cc2C)cc1. The van der Waals surface area contributed by atoms with Crippen LogP contribution in [0, 0.1) is 18.8 Å². The van der Waals surface area contributed by atoms with Crippen LogP contribution in [-0.2, 0) is 4.74 Å². The highest BCUT2D eigenvalue weighted by atomic mass is 16.5. The number of hydrogen-bond donors (Lipinski definition) is 0. The van der Waals surface area contributed by atoms with E-state index in [9.17, 15) is 4.79 Å². The maximum atomic E-state index is 12.7. The number of methoxy groups -OCH3 is 1. The Balaban J connectivity index is 1.43. The van der Waals surface area contributed by atoms with Gasteiger partial charge in [0.05, 0.1) is 12.8 Å².